The van der Waals surface area contributed by atoms with Crippen molar-refractivity contribution >= 4 is 0 Å². The summed E-state index contributed by atoms with van der Waals surface area (Å²) in [4.78, 5) is 0. The quantitative estimate of drug-likeness (QED) is 0.0966. The van der Waals surface area contributed by atoms with E-state index in [0.717, 1.165) is 6.42 Å². The average molecular weight is 967 g/mol. The lowest BCUT2D eigenvalue weighted by Crippen LogP contribution is -2.71. The maximum absolute atomic E-state index is 12.4. The van der Waals surface area contributed by atoms with E-state index in [1.165, 1.54) is 0 Å². The fourth-order valence-corrected chi connectivity index (χ4v) is 14.8. The van der Waals surface area contributed by atoms with Crippen LogP contribution in [0.25, 0.3) is 0 Å². The van der Waals surface area contributed by atoms with E-state index < -0.39 is 153 Å². The number of ether oxygens (including phenoxy) is 8. The molecule has 14 N–H and O–H groups in total. The Hall–Kier alpha value is -0.880. The fraction of sp³-hybridized carbons (Fsp3) is 1.00. The summed E-state index contributed by atoms with van der Waals surface area (Å²) in [6.45, 7) is 6.33. The Morgan fingerprint density at radius 3 is 1.75 bits per heavy atom. The van der Waals surface area contributed by atoms with Crippen LogP contribution in [-0.2, 0) is 37.9 Å². The van der Waals surface area contributed by atoms with Crippen LogP contribution in [0.15, 0.2) is 0 Å². The number of hydrogen-bond acceptors (Lipinski definition) is 22. The monoisotopic (exact) mass is 966 g/mol. The zero-order chi connectivity index (χ0) is 48.4. The molecule has 9 aliphatic rings. The van der Waals surface area contributed by atoms with Crippen LogP contribution in [0, 0.1) is 46.3 Å². The summed E-state index contributed by atoms with van der Waals surface area (Å²) < 4.78 is 49.6. The second-order valence-electron chi connectivity index (χ2n) is 22.1. The molecule has 4 saturated carbocycles. The second-order valence-corrected chi connectivity index (χ2v) is 22.1. The Morgan fingerprint density at radius 1 is 0.597 bits per heavy atom. The van der Waals surface area contributed by atoms with E-state index in [1.54, 1.807) is 0 Å². The van der Waals surface area contributed by atoms with Crippen molar-refractivity contribution in [2.75, 3.05) is 26.4 Å². The van der Waals surface area contributed by atoms with Crippen LogP contribution in [0.1, 0.15) is 72.6 Å². The molecule has 5 saturated heterocycles. The number of aliphatic hydroxyl groups excluding tert-OH is 13. The molecule has 4 aliphatic carbocycles. The first-order chi connectivity index (χ1) is 31.6. The first-order valence-corrected chi connectivity index (χ1v) is 24.2. The maximum atomic E-state index is 12.4. The lowest BCUT2D eigenvalue weighted by atomic mass is 9.42. The highest BCUT2D eigenvalue weighted by molar-refractivity contribution is 5.21. The van der Waals surface area contributed by atoms with Crippen molar-refractivity contribution in [3.63, 3.8) is 0 Å². The average Bonchev–Trinajstić information content (AvgIpc) is 3.74. The lowest BCUT2D eigenvalue weighted by Gasteiger charge is -2.66. The number of hydrogen-bond donors (Lipinski definition) is 14. The molecule has 0 bridgehead atoms. The molecule has 9 fully saturated rings. The van der Waals surface area contributed by atoms with Crippen LogP contribution < -0.4 is 0 Å². The van der Waals surface area contributed by atoms with Gasteiger partial charge in [-0.05, 0) is 61.2 Å². The van der Waals surface area contributed by atoms with Crippen LogP contribution in [-0.4, -0.2) is 232 Å². The number of rotatable bonds is 9. The van der Waals surface area contributed by atoms with Gasteiger partial charge in [0.2, 0.25) is 0 Å². The minimum absolute atomic E-state index is 0.00218. The third-order valence-electron chi connectivity index (χ3n) is 18.7. The molecule has 5 heterocycles. The highest BCUT2D eigenvalue weighted by atomic mass is 16.8. The molecule has 386 valence electrons. The molecule has 5 aliphatic heterocycles. The van der Waals surface area contributed by atoms with Crippen molar-refractivity contribution < 1.29 is 109 Å². The molecule has 0 aromatic heterocycles. The van der Waals surface area contributed by atoms with E-state index in [9.17, 15) is 71.5 Å². The van der Waals surface area contributed by atoms with Gasteiger partial charge >= 0.3 is 0 Å². The molecule has 0 amide bonds. The lowest BCUT2D eigenvalue weighted by molar-refractivity contribution is -0.381. The van der Waals surface area contributed by atoms with Gasteiger partial charge in [-0.25, -0.2) is 0 Å². The molecule has 30 atom stereocenters. The Bertz CT molecular complexity index is 1730. The third kappa shape index (κ3) is 8.00. The molecule has 22 nitrogen and oxygen atoms in total. The molecular formula is C45H74O22. The van der Waals surface area contributed by atoms with E-state index in [2.05, 4.69) is 13.8 Å². The van der Waals surface area contributed by atoms with Crippen molar-refractivity contribution in [1.82, 2.24) is 0 Å². The molecule has 22 heteroatoms. The summed E-state index contributed by atoms with van der Waals surface area (Å²) in [6.07, 6.45) is -25.6. The van der Waals surface area contributed by atoms with Crippen LogP contribution in [0.2, 0.25) is 0 Å². The SMILES string of the molecule is C[C@@H]1CO[C@]2(C[C@@H]1O[C@@H]1O[C@H](CO)[C@@H](O)[C@H](O)[C@H]1O[C@@H]1O[C@H](CO)[C@@H](O)[C@H](O)[C@H]1O)O[C@H]1C[C@H]3[C@@H]4C[C@@H](O)[C@@]5(O)C[C@@H](O)[C@H](O[C@@H]6O[C@H](CO)[C@@H](O)[C@H](O)[C@H]6O)C[C@]5(C)[C@H]4CC[C@]3(C)[C@H]1[C@@H]2C. The second kappa shape index (κ2) is 18.6. The number of fused-ring (bicyclic) bond motifs is 7. The first kappa shape index (κ1) is 51.0. The van der Waals surface area contributed by atoms with Gasteiger partial charge in [-0.2, -0.15) is 0 Å². The van der Waals surface area contributed by atoms with E-state index in [4.69, 9.17) is 37.9 Å². The van der Waals surface area contributed by atoms with Crippen molar-refractivity contribution in [2.24, 2.45) is 46.3 Å². The first-order valence-electron chi connectivity index (χ1n) is 24.2. The Labute approximate surface area is 388 Å². The van der Waals surface area contributed by atoms with Gasteiger partial charge < -0.3 is 109 Å². The van der Waals surface area contributed by atoms with Gasteiger partial charge in [0.15, 0.2) is 24.7 Å². The van der Waals surface area contributed by atoms with Gasteiger partial charge in [-0.1, -0.05) is 27.7 Å². The zero-order valence-electron chi connectivity index (χ0n) is 38.3. The topological polar surface area (TPSA) is 357 Å². The van der Waals surface area contributed by atoms with E-state index >= 15 is 0 Å². The fourth-order valence-electron chi connectivity index (χ4n) is 14.8. The molecule has 1 spiro atoms. The zero-order valence-corrected chi connectivity index (χ0v) is 38.3. The molecule has 0 radical (unpaired) electrons. The Morgan fingerprint density at radius 2 is 1.15 bits per heavy atom. The summed E-state index contributed by atoms with van der Waals surface area (Å²) in [7, 11) is 0. The van der Waals surface area contributed by atoms with Gasteiger partial charge in [-0.3, -0.25) is 0 Å². The van der Waals surface area contributed by atoms with E-state index in [0.29, 0.717) is 19.3 Å². The van der Waals surface area contributed by atoms with Crippen molar-refractivity contribution in [3.05, 3.63) is 0 Å². The predicted octanol–water partition coefficient (Wildman–Crippen LogP) is -4.71. The van der Waals surface area contributed by atoms with Gasteiger partial charge in [0.1, 0.15) is 73.2 Å². The van der Waals surface area contributed by atoms with E-state index in [1.807, 2.05) is 13.8 Å². The third-order valence-corrected chi connectivity index (χ3v) is 18.7. The normalized spacial score (nSPS) is 59.9. The molecule has 67 heavy (non-hydrogen) atoms. The van der Waals surface area contributed by atoms with Gasteiger partial charge in [0, 0.05) is 30.1 Å². The van der Waals surface area contributed by atoms with Gasteiger partial charge in [0.25, 0.3) is 0 Å². The minimum Gasteiger partial charge on any atom is -0.394 e. The summed E-state index contributed by atoms with van der Waals surface area (Å²) in [5.74, 6) is -1.70. The smallest absolute Gasteiger partial charge is 0.187 e. The largest absolute Gasteiger partial charge is 0.394 e. The molecular weight excluding hydrogens is 892 g/mol. The van der Waals surface area contributed by atoms with Crippen LogP contribution in [0.3, 0.4) is 0 Å². The highest BCUT2D eigenvalue weighted by Crippen LogP contribution is 2.72. The van der Waals surface area contributed by atoms with Crippen molar-refractivity contribution in [3.8, 4) is 0 Å². The standard InChI is InChI=1S/C45H74O22/c1-16-15-60-45(11-23(16)61-41-38(35(56)32(53)27(14-48)65-41)66-40-37(58)34(55)31(52)26(13-47)64-40)17(2)29-22(67-45)8-20-18-7-28(50)44(59)9-21(49)24(10-43(44,4)19(18)5-6-42(20,29)3)62-39-36(57)33(54)30(51)25(12-46)63-39/h16-41,46-59H,5-15H2,1-4H3/t16-,17+,18-,19+,20+,21-,22+,23+,24-,25-,26-,27-,28-,29+,30-,31-,32-,33+,34+,35+,36-,37-,38-,39-,40+,41-,42+,43-,44+,45-/m1/s1. The van der Waals surface area contributed by atoms with Crippen molar-refractivity contribution in [1.29, 1.82) is 0 Å². The molecule has 0 aromatic carbocycles. The Kier molecular flexibility index (Phi) is 14.1. The van der Waals surface area contributed by atoms with Gasteiger partial charge in [0.05, 0.1) is 62.5 Å². The summed E-state index contributed by atoms with van der Waals surface area (Å²) in [5.41, 5.74) is -2.95. The maximum Gasteiger partial charge on any atom is 0.187 e. The highest BCUT2D eigenvalue weighted by Gasteiger charge is 2.73. The Balaban J connectivity index is 0.912. The van der Waals surface area contributed by atoms with Crippen molar-refractivity contribution in [2.45, 2.75) is 207 Å². The van der Waals surface area contributed by atoms with Crippen LogP contribution in [0.5, 0.6) is 0 Å². The van der Waals surface area contributed by atoms with Gasteiger partial charge in [-0.15, -0.1) is 0 Å². The number of aliphatic hydroxyl groups is 14. The van der Waals surface area contributed by atoms with E-state index in [-0.39, 0.29) is 72.9 Å². The molecule has 0 unspecified atom stereocenters. The molecule has 0 aromatic rings. The summed E-state index contributed by atoms with van der Waals surface area (Å²) in [6, 6.07) is 0. The minimum atomic E-state index is -1.83. The predicted molar refractivity (Wildman–Crippen MR) is 221 cm³/mol. The van der Waals surface area contributed by atoms with Crippen LogP contribution in [0.4, 0.5) is 0 Å². The van der Waals surface area contributed by atoms with Crippen LogP contribution >= 0.6 is 0 Å². The summed E-state index contributed by atoms with van der Waals surface area (Å²) in [5, 5.41) is 150. The molecule has 9 rings (SSSR count). The summed E-state index contributed by atoms with van der Waals surface area (Å²) >= 11 is 0.